The van der Waals surface area contributed by atoms with Gasteiger partial charge >= 0.3 is 5.97 Å². The number of carbonyl (C=O) groups is 1. The Morgan fingerprint density at radius 2 is 1.52 bits per heavy atom. The number of aliphatic carboxylic acids is 1. The molecule has 0 amide bonds. The zero-order chi connectivity index (χ0) is 16.3. The zero-order valence-corrected chi connectivity index (χ0v) is 13.0. The summed E-state index contributed by atoms with van der Waals surface area (Å²) in [6.45, 7) is 1.53. The number of rotatable bonds is 7. The number of carboxylic acid groups (broad SMARTS) is 1. The molecule has 8 nitrogen and oxygen atoms in total. The van der Waals surface area contributed by atoms with Gasteiger partial charge in [-0.15, -0.1) is 0 Å². The predicted molar refractivity (Wildman–Crippen MR) is 74.7 cm³/mol. The van der Waals surface area contributed by atoms with Gasteiger partial charge in [0.2, 0.25) is 20.0 Å². The summed E-state index contributed by atoms with van der Waals surface area (Å²) in [4.78, 5) is 10.5. The highest BCUT2D eigenvalue weighted by molar-refractivity contribution is 7.90. The maximum absolute atomic E-state index is 12.0. The van der Waals surface area contributed by atoms with E-state index < -0.39 is 32.1 Å². The van der Waals surface area contributed by atoms with E-state index in [0.29, 0.717) is 0 Å². The van der Waals surface area contributed by atoms with Crippen molar-refractivity contribution < 1.29 is 26.7 Å². The molecule has 0 saturated heterocycles. The van der Waals surface area contributed by atoms with Crippen molar-refractivity contribution in [3.05, 3.63) is 24.3 Å². The summed E-state index contributed by atoms with van der Waals surface area (Å²) in [7, 11) is -6.46. The summed E-state index contributed by atoms with van der Waals surface area (Å²) in [5, 5.41) is 8.85. The Bertz CT molecular complexity index is 710. The van der Waals surface area contributed by atoms with Crippen LogP contribution in [0.25, 0.3) is 0 Å². The van der Waals surface area contributed by atoms with Gasteiger partial charge in [0.1, 0.15) is 6.04 Å². The average Bonchev–Trinajstić information content (AvgIpc) is 2.44. The number of carboxylic acids is 1. The fraction of sp³-hybridized carbons (Fsp3) is 0.364. The molecule has 118 valence electrons. The number of hydrogen-bond donors (Lipinski definition) is 3. The van der Waals surface area contributed by atoms with Crippen LogP contribution in [0.1, 0.15) is 13.3 Å². The first kappa shape index (κ1) is 17.6. The lowest BCUT2D eigenvalue weighted by molar-refractivity contribution is -0.139. The second kappa shape index (κ2) is 6.52. The maximum atomic E-state index is 12.0. The van der Waals surface area contributed by atoms with Crippen molar-refractivity contribution in [2.24, 2.45) is 0 Å². The fourth-order valence-electron chi connectivity index (χ4n) is 1.48. The van der Waals surface area contributed by atoms with Crippen LogP contribution in [0, 0.1) is 0 Å². The lowest BCUT2D eigenvalue weighted by atomic mass is 10.2. The molecule has 1 aromatic rings. The summed E-state index contributed by atoms with van der Waals surface area (Å²) in [5.41, 5.74) is 0. The number of hydrogen-bond acceptors (Lipinski definition) is 5. The molecule has 10 heteroatoms. The first-order valence-corrected chi connectivity index (χ1v) is 8.89. The molecule has 1 atom stereocenters. The van der Waals surface area contributed by atoms with Gasteiger partial charge in [-0.3, -0.25) is 4.79 Å². The minimum absolute atomic E-state index is 0.0841. The van der Waals surface area contributed by atoms with Gasteiger partial charge in [-0.1, -0.05) is 6.92 Å². The Kier molecular flexibility index (Phi) is 5.45. The molecule has 0 aliphatic heterocycles. The van der Waals surface area contributed by atoms with E-state index in [1.54, 1.807) is 0 Å². The third kappa shape index (κ3) is 4.24. The zero-order valence-electron chi connectivity index (χ0n) is 11.4. The van der Waals surface area contributed by atoms with E-state index in [1.807, 2.05) is 4.72 Å². The second-order valence-corrected chi connectivity index (χ2v) is 7.70. The van der Waals surface area contributed by atoms with Crippen LogP contribution in [0.5, 0.6) is 0 Å². The maximum Gasteiger partial charge on any atom is 0.321 e. The Morgan fingerprint density at radius 1 is 1.10 bits per heavy atom. The Morgan fingerprint density at radius 3 is 1.86 bits per heavy atom. The van der Waals surface area contributed by atoms with Gasteiger partial charge in [-0.05, 0) is 37.7 Å². The van der Waals surface area contributed by atoms with Crippen LogP contribution in [0.4, 0.5) is 0 Å². The van der Waals surface area contributed by atoms with Gasteiger partial charge in [0.25, 0.3) is 0 Å². The van der Waals surface area contributed by atoms with Crippen molar-refractivity contribution in [1.29, 1.82) is 0 Å². The number of benzene rings is 1. The Labute approximate surface area is 123 Å². The summed E-state index contributed by atoms with van der Waals surface area (Å²) >= 11 is 0. The molecule has 21 heavy (non-hydrogen) atoms. The van der Waals surface area contributed by atoms with Crippen LogP contribution < -0.4 is 9.44 Å². The molecular weight excluding hydrogens is 320 g/mol. The summed E-state index contributed by atoms with van der Waals surface area (Å²) in [6.07, 6.45) is 0.0841. The number of nitrogens with one attached hydrogen (secondary N) is 2. The highest BCUT2D eigenvalue weighted by Gasteiger charge is 2.24. The van der Waals surface area contributed by atoms with E-state index in [1.165, 1.54) is 14.0 Å². The van der Waals surface area contributed by atoms with E-state index in [0.717, 1.165) is 24.3 Å². The molecular formula is C11H16N2O6S2. The lowest BCUT2D eigenvalue weighted by Crippen LogP contribution is -2.40. The van der Waals surface area contributed by atoms with Crippen molar-refractivity contribution in [2.45, 2.75) is 29.2 Å². The van der Waals surface area contributed by atoms with Gasteiger partial charge in [-0.25, -0.2) is 21.6 Å². The van der Waals surface area contributed by atoms with Crippen molar-refractivity contribution >= 4 is 26.0 Å². The third-order valence-electron chi connectivity index (χ3n) is 2.72. The van der Waals surface area contributed by atoms with Crippen molar-refractivity contribution in [2.75, 3.05) is 7.05 Å². The minimum atomic E-state index is -4.03. The average molecular weight is 336 g/mol. The molecule has 3 N–H and O–H groups in total. The van der Waals surface area contributed by atoms with E-state index in [2.05, 4.69) is 4.72 Å². The lowest BCUT2D eigenvalue weighted by Gasteiger charge is -2.13. The molecule has 0 radical (unpaired) electrons. The monoisotopic (exact) mass is 336 g/mol. The molecule has 1 aromatic carbocycles. The van der Waals surface area contributed by atoms with Crippen LogP contribution in [-0.4, -0.2) is 41.0 Å². The van der Waals surface area contributed by atoms with E-state index in [-0.39, 0.29) is 16.2 Å². The topological polar surface area (TPSA) is 130 Å². The Balaban J connectivity index is 3.09. The van der Waals surface area contributed by atoms with Gasteiger partial charge < -0.3 is 5.11 Å². The molecule has 0 aromatic heterocycles. The largest absolute Gasteiger partial charge is 0.480 e. The minimum Gasteiger partial charge on any atom is -0.480 e. The highest BCUT2D eigenvalue weighted by Crippen LogP contribution is 2.14. The summed E-state index contributed by atoms with van der Waals surface area (Å²) < 4.78 is 51.2. The normalized spacial score (nSPS) is 13.8. The smallest absolute Gasteiger partial charge is 0.321 e. The SMILES string of the molecule is CCC(NS(=O)(=O)c1ccc(S(=O)(=O)NC)cc1)C(=O)O. The molecule has 1 rings (SSSR count). The molecule has 0 heterocycles. The molecule has 0 spiro atoms. The first-order chi connectivity index (χ1) is 9.64. The molecule has 0 aliphatic rings. The quantitative estimate of drug-likeness (QED) is 0.629. The van der Waals surface area contributed by atoms with E-state index in [9.17, 15) is 21.6 Å². The molecule has 0 aliphatic carbocycles. The molecule has 1 unspecified atom stereocenters. The van der Waals surface area contributed by atoms with Crippen molar-refractivity contribution in [3.63, 3.8) is 0 Å². The van der Waals surface area contributed by atoms with Gasteiger partial charge in [-0.2, -0.15) is 4.72 Å². The summed E-state index contributed by atoms with van der Waals surface area (Å²) in [5.74, 6) is -1.28. The van der Waals surface area contributed by atoms with Crippen LogP contribution in [0.2, 0.25) is 0 Å². The standard InChI is InChI=1S/C11H16N2O6S2/c1-3-10(11(14)15)13-21(18,19)9-6-4-8(5-7-9)20(16,17)12-2/h4-7,10,12-13H,3H2,1-2H3,(H,14,15). The molecule has 0 fully saturated rings. The first-order valence-electron chi connectivity index (χ1n) is 5.92. The van der Waals surface area contributed by atoms with Gasteiger partial charge in [0, 0.05) is 0 Å². The fourth-order valence-corrected chi connectivity index (χ4v) is 3.48. The highest BCUT2D eigenvalue weighted by atomic mass is 32.2. The van der Waals surface area contributed by atoms with Crippen molar-refractivity contribution in [1.82, 2.24) is 9.44 Å². The van der Waals surface area contributed by atoms with Gasteiger partial charge in [0.15, 0.2) is 0 Å². The van der Waals surface area contributed by atoms with Gasteiger partial charge in [0.05, 0.1) is 9.79 Å². The number of sulfonamides is 2. The second-order valence-electron chi connectivity index (χ2n) is 4.10. The van der Waals surface area contributed by atoms with Crippen LogP contribution in [0.15, 0.2) is 34.1 Å². The third-order valence-corrected chi connectivity index (χ3v) is 5.63. The predicted octanol–water partition coefficient (Wildman–Crippen LogP) is -0.264. The van der Waals surface area contributed by atoms with E-state index in [4.69, 9.17) is 5.11 Å². The molecule has 0 saturated carbocycles. The van der Waals surface area contributed by atoms with Crippen LogP contribution in [0.3, 0.4) is 0 Å². The van der Waals surface area contributed by atoms with Crippen molar-refractivity contribution in [3.8, 4) is 0 Å². The van der Waals surface area contributed by atoms with Crippen LogP contribution in [-0.2, 0) is 24.8 Å². The van der Waals surface area contributed by atoms with E-state index >= 15 is 0 Å². The summed E-state index contributed by atoms with van der Waals surface area (Å²) in [6, 6.07) is 3.21. The van der Waals surface area contributed by atoms with Crippen LogP contribution >= 0.6 is 0 Å². The Hall–Kier alpha value is -1.49. The molecule has 0 bridgehead atoms.